The fraction of sp³-hybridized carbons (Fsp3) is 0.533. The van der Waals surface area contributed by atoms with E-state index in [1.165, 1.54) is 12.1 Å². The fourth-order valence-corrected chi connectivity index (χ4v) is 3.36. The van der Waals surface area contributed by atoms with Gasteiger partial charge in [0.25, 0.3) is 5.91 Å². The second kappa shape index (κ2) is 7.11. The first kappa shape index (κ1) is 16.8. The van der Waals surface area contributed by atoms with Crippen LogP contribution in [0.3, 0.4) is 0 Å². The maximum Gasteiger partial charge on any atom is 0.265 e. The summed E-state index contributed by atoms with van der Waals surface area (Å²) in [4.78, 5) is 12.1. The number of sulfonamides is 1. The third-order valence-corrected chi connectivity index (χ3v) is 4.90. The highest BCUT2D eigenvalue weighted by Gasteiger charge is 2.28. The molecular formula is C15H22N2O4S. The van der Waals surface area contributed by atoms with Gasteiger partial charge in [-0.15, -0.1) is 0 Å². The van der Waals surface area contributed by atoms with E-state index < -0.39 is 16.1 Å². The van der Waals surface area contributed by atoms with Crippen molar-refractivity contribution in [2.45, 2.75) is 50.5 Å². The number of rotatable bonds is 7. The number of fused-ring (bicyclic) bond motifs is 1. The molecule has 0 spiro atoms. The van der Waals surface area contributed by atoms with Gasteiger partial charge in [-0.25, -0.2) is 13.1 Å². The Balaban J connectivity index is 2.20. The molecule has 2 rings (SSSR count). The third kappa shape index (κ3) is 3.78. The van der Waals surface area contributed by atoms with Gasteiger partial charge in [0, 0.05) is 6.54 Å². The summed E-state index contributed by atoms with van der Waals surface area (Å²) in [5, 5.41) is 2.73. The average Bonchev–Trinajstić information content (AvgIpc) is 2.50. The van der Waals surface area contributed by atoms with Crippen molar-refractivity contribution in [2.24, 2.45) is 0 Å². The summed E-state index contributed by atoms with van der Waals surface area (Å²) in [6, 6.07) is 4.51. The molecule has 22 heavy (non-hydrogen) atoms. The van der Waals surface area contributed by atoms with Gasteiger partial charge in [-0.2, -0.15) is 0 Å². The SMILES string of the molecule is CCCCC1Oc2ccc(S(=O)(=O)NCCC)cc2NC1=O. The number of nitrogens with one attached hydrogen (secondary N) is 2. The number of amides is 1. The van der Waals surface area contributed by atoms with Crippen molar-refractivity contribution < 1.29 is 17.9 Å². The van der Waals surface area contributed by atoms with E-state index >= 15 is 0 Å². The van der Waals surface area contributed by atoms with E-state index in [2.05, 4.69) is 17.0 Å². The topological polar surface area (TPSA) is 84.5 Å². The Labute approximate surface area is 131 Å². The van der Waals surface area contributed by atoms with E-state index in [4.69, 9.17) is 4.74 Å². The maximum absolute atomic E-state index is 12.1. The lowest BCUT2D eigenvalue weighted by Gasteiger charge is -2.26. The smallest absolute Gasteiger partial charge is 0.265 e. The van der Waals surface area contributed by atoms with E-state index in [-0.39, 0.29) is 10.8 Å². The monoisotopic (exact) mass is 326 g/mol. The van der Waals surface area contributed by atoms with Crippen LogP contribution in [-0.2, 0) is 14.8 Å². The molecule has 0 aliphatic carbocycles. The average molecular weight is 326 g/mol. The van der Waals surface area contributed by atoms with E-state index in [0.29, 0.717) is 30.8 Å². The highest BCUT2D eigenvalue weighted by atomic mass is 32.2. The highest BCUT2D eigenvalue weighted by molar-refractivity contribution is 7.89. The molecule has 1 aromatic carbocycles. The lowest BCUT2D eigenvalue weighted by atomic mass is 10.1. The first-order valence-electron chi connectivity index (χ1n) is 7.59. The number of benzene rings is 1. The minimum atomic E-state index is -3.56. The molecule has 0 radical (unpaired) electrons. The van der Waals surface area contributed by atoms with E-state index in [1.807, 2.05) is 6.92 Å². The van der Waals surface area contributed by atoms with Crippen molar-refractivity contribution in [3.05, 3.63) is 18.2 Å². The molecule has 1 atom stereocenters. The highest BCUT2D eigenvalue weighted by Crippen LogP contribution is 2.32. The van der Waals surface area contributed by atoms with Gasteiger partial charge in [-0.3, -0.25) is 4.79 Å². The van der Waals surface area contributed by atoms with Crippen LogP contribution in [0, 0.1) is 0 Å². The standard InChI is InChI=1S/C15H22N2O4S/c1-3-5-6-14-15(18)17-12-10-11(7-8-13(12)21-14)22(19,20)16-9-4-2/h7-8,10,14,16H,3-6,9H2,1-2H3,(H,17,18). The number of hydrogen-bond acceptors (Lipinski definition) is 4. The van der Waals surface area contributed by atoms with Crippen molar-refractivity contribution in [3.8, 4) is 5.75 Å². The normalized spacial score (nSPS) is 17.5. The predicted molar refractivity (Wildman–Crippen MR) is 84.5 cm³/mol. The quantitative estimate of drug-likeness (QED) is 0.805. The van der Waals surface area contributed by atoms with Crippen LogP contribution in [0.15, 0.2) is 23.1 Å². The van der Waals surface area contributed by atoms with Gasteiger partial charge in [-0.1, -0.05) is 20.3 Å². The van der Waals surface area contributed by atoms with Crippen LogP contribution in [0.5, 0.6) is 5.75 Å². The summed E-state index contributed by atoms with van der Waals surface area (Å²) in [7, 11) is -3.56. The van der Waals surface area contributed by atoms with Crippen LogP contribution in [-0.4, -0.2) is 27.0 Å². The Kier molecular flexibility index (Phi) is 5.42. The maximum atomic E-state index is 12.1. The first-order valence-corrected chi connectivity index (χ1v) is 9.07. The summed E-state index contributed by atoms with van der Waals surface area (Å²) in [5.74, 6) is 0.284. The second-order valence-electron chi connectivity index (χ2n) is 5.29. The van der Waals surface area contributed by atoms with Gasteiger partial charge in [-0.05, 0) is 37.5 Å². The van der Waals surface area contributed by atoms with Gasteiger partial charge < -0.3 is 10.1 Å². The van der Waals surface area contributed by atoms with Gasteiger partial charge in [0.05, 0.1) is 10.6 Å². The zero-order valence-electron chi connectivity index (χ0n) is 12.9. The molecule has 0 saturated carbocycles. The van der Waals surface area contributed by atoms with Crippen LogP contribution in [0.1, 0.15) is 39.5 Å². The molecule has 0 fully saturated rings. The summed E-state index contributed by atoms with van der Waals surface area (Å²) >= 11 is 0. The minimum Gasteiger partial charge on any atom is -0.478 e. The zero-order valence-corrected chi connectivity index (χ0v) is 13.7. The van der Waals surface area contributed by atoms with E-state index in [9.17, 15) is 13.2 Å². The third-order valence-electron chi connectivity index (χ3n) is 3.44. The van der Waals surface area contributed by atoms with Crippen LogP contribution >= 0.6 is 0 Å². The lowest BCUT2D eigenvalue weighted by molar-refractivity contribution is -0.123. The van der Waals surface area contributed by atoms with Crippen LogP contribution in [0.4, 0.5) is 5.69 Å². The van der Waals surface area contributed by atoms with Crippen LogP contribution in [0.25, 0.3) is 0 Å². The molecule has 2 N–H and O–H groups in total. The predicted octanol–water partition coefficient (Wildman–Crippen LogP) is 2.26. The Bertz CT molecular complexity index is 643. The Morgan fingerprint density at radius 2 is 2.05 bits per heavy atom. The first-order chi connectivity index (χ1) is 10.5. The molecule has 0 bridgehead atoms. The molecule has 0 aromatic heterocycles. The van der Waals surface area contributed by atoms with Crippen molar-refractivity contribution in [1.82, 2.24) is 4.72 Å². The number of hydrogen-bond donors (Lipinski definition) is 2. The molecule has 1 amide bonds. The van der Waals surface area contributed by atoms with Crippen molar-refractivity contribution in [3.63, 3.8) is 0 Å². The molecule has 0 saturated heterocycles. The molecule has 7 heteroatoms. The number of unbranched alkanes of at least 4 members (excludes halogenated alkanes) is 1. The molecule has 1 aliphatic rings. The van der Waals surface area contributed by atoms with Crippen molar-refractivity contribution in [2.75, 3.05) is 11.9 Å². The van der Waals surface area contributed by atoms with Gasteiger partial charge in [0.2, 0.25) is 10.0 Å². The lowest BCUT2D eigenvalue weighted by Crippen LogP contribution is -2.37. The molecule has 6 nitrogen and oxygen atoms in total. The summed E-state index contributed by atoms with van der Waals surface area (Å²) < 4.78 is 32.4. The van der Waals surface area contributed by atoms with Gasteiger partial charge >= 0.3 is 0 Å². The molecule has 1 aliphatic heterocycles. The van der Waals surface area contributed by atoms with Gasteiger partial charge in [0.1, 0.15) is 5.75 Å². The number of carbonyl (C=O) groups is 1. The second-order valence-corrected chi connectivity index (χ2v) is 7.06. The van der Waals surface area contributed by atoms with E-state index in [0.717, 1.165) is 12.8 Å². The fourth-order valence-electron chi connectivity index (χ4n) is 2.20. The molecule has 1 heterocycles. The minimum absolute atomic E-state index is 0.121. The number of ether oxygens (including phenoxy) is 1. The van der Waals surface area contributed by atoms with Crippen molar-refractivity contribution >= 4 is 21.6 Å². The summed E-state index contributed by atoms with van der Waals surface area (Å²) in [6.45, 7) is 4.32. The van der Waals surface area contributed by atoms with Gasteiger partial charge in [0.15, 0.2) is 6.10 Å². The Morgan fingerprint density at radius 1 is 1.27 bits per heavy atom. The number of carbonyl (C=O) groups excluding carboxylic acids is 1. The molecule has 122 valence electrons. The largest absolute Gasteiger partial charge is 0.478 e. The summed E-state index contributed by atoms with van der Waals surface area (Å²) in [6.07, 6.45) is 2.75. The molecular weight excluding hydrogens is 304 g/mol. The van der Waals surface area contributed by atoms with Crippen molar-refractivity contribution in [1.29, 1.82) is 0 Å². The van der Waals surface area contributed by atoms with Crippen LogP contribution < -0.4 is 14.8 Å². The summed E-state index contributed by atoms with van der Waals surface area (Å²) in [5.41, 5.74) is 0.400. The zero-order chi connectivity index (χ0) is 16.2. The molecule has 1 aromatic rings. The Hall–Kier alpha value is -1.60. The molecule has 1 unspecified atom stereocenters. The Morgan fingerprint density at radius 3 is 2.73 bits per heavy atom. The van der Waals surface area contributed by atoms with E-state index in [1.54, 1.807) is 6.07 Å². The number of anilines is 1. The van der Waals surface area contributed by atoms with Crippen LogP contribution in [0.2, 0.25) is 0 Å².